The third-order valence-corrected chi connectivity index (χ3v) is 11.1. The van der Waals surface area contributed by atoms with Gasteiger partial charge in [0.05, 0.1) is 11.1 Å². The summed E-state index contributed by atoms with van der Waals surface area (Å²) < 4.78 is 0. The van der Waals surface area contributed by atoms with Gasteiger partial charge in [-0.25, -0.2) is 0 Å². The molecular weight excluding hydrogens is 651 g/mol. The summed E-state index contributed by atoms with van der Waals surface area (Å²) in [6, 6.07) is 82.0. The molecule has 1 aliphatic carbocycles. The summed E-state index contributed by atoms with van der Waals surface area (Å²) in [4.78, 5) is 2.49. The van der Waals surface area contributed by atoms with E-state index < -0.39 is 5.41 Å². The molecule has 0 spiro atoms. The van der Waals surface area contributed by atoms with Crippen molar-refractivity contribution < 1.29 is 0 Å². The fourth-order valence-electron chi connectivity index (χ4n) is 8.94. The normalized spacial score (nSPS) is 12.6. The number of nitrogens with zero attached hydrogens (tertiary/aromatic N) is 1. The molecule has 0 aliphatic heterocycles. The van der Waals surface area contributed by atoms with Crippen molar-refractivity contribution in [2.24, 2.45) is 0 Å². The lowest BCUT2D eigenvalue weighted by atomic mass is 9.66. The summed E-state index contributed by atoms with van der Waals surface area (Å²) in [5, 5.41) is 2.44. The van der Waals surface area contributed by atoms with E-state index in [0.717, 1.165) is 11.4 Å². The van der Waals surface area contributed by atoms with E-state index in [9.17, 15) is 0 Å². The zero-order valence-corrected chi connectivity index (χ0v) is 29.8. The number of anilines is 3. The third-order valence-electron chi connectivity index (χ3n) is 11.1. The van der Waals surface area contributed by atoms with Gasteiger partial charge in [0.25, 0.3) is 0 Å². The Labute approximate surface area is 317 Å². The van der Waals surface area contributed by atoms with Gasteiger partial charge in [-0.15, -0.1) is 0 Å². The molecule has 254 valence electrons. The van der Waals surface area contributed by atoms with Gasteiger partial charge in [0.2, 0.25) is 0 Å². The summed E-state index contributed by atoms with van der Waals surface area (Å²) in [5.41, 5.74) is 15.3. The minimum Gasteiger partial charge on any atom is -0.309 e. The zero-order valence-electron chi connectivity index (χ0n) is 29.8. The van der Waals surface area contributed by atoms with Gasteiger partial charge in [0.15, 0.2) is 0 Å². The van der Waals surface area contributed by atoms with Crippen molar-refractivity contribution in [3.63, 3.8) is 0 Å². The molecule has 54 heavy (non-hydrogen) atoms. The van der Waals surface area contributed by atoms with Crippen LogP contribution in [-0.2, 0) is 5.41 Å². The van der Waals surface area contributed by atoms with E-state index in [1.165, 1.54) is 72.1 Å². The number of rotatable bonds is 7. The van der Waals surface area contributed by atoms with Crippen molar-refractivity contribution in [3.05, 3.63) is 247 Å². The highest BCUT2D eigenvalue weighted by Gasteiger charge is 2.49. The quantitative estimate of drug-likeness (QED) is 0.161. The molecular formula is C53H37N. The second-order valence-electron chi connectivity index (χ2n) is 14.0. The first kappa shape index (κ1) is 31.7. The highest BCUT2D eigenvalue weighted by atomic mass is 15.1. The van der Waals surface area contributed by atoms with E-state index in [2.05, 4.69) is 229 Å². The smallest absolute Gasteiger partial charge is 0.0719 e. The molecule has 0 bridgehead atoms. The molecule has 1 aliphatic rings. The van der Waals surface area contributed by atoms with E-state index in [1.807, 2.05) is 0 Å². The van der Waals surface area contributed by atoms with Crippen molar-refractivity contribution in [1.29, 1.82) is 0 Å². The van der Waals surface area contributed by atoms with Crippen molar-refractivity contribution in [3.8, 4) is 33.4 Å². The monoisotopic (exact) mass is 687 g/mol. The van der Waals surface area contributed by atoms with E-state index in [-0.39, 0.29) is 0 Å². The Balaban J connectivity index is 1.41. The highest BCUT2D eigenvalue weighted by Crippen LogP contribution is 2.63. The number of hydrogen-bond donors (Lipinski definition) is 0. The molecule has 0 aromatic heterocycles. The molecule has 0 amide bonds. The first-order chi connectivity index (χ1) is 26.8. The maximum Gasteiger partial charge on any atom is 0.0719 e. The van der Waals surface area contributed by atoms with E-state index in [0.29, 0.717) is 0 Å². The molecule has 0 unspecified atom stereocenters. The van der Waals surface area contributed by atoms with E-state index in [4.69, 9.17) is 0 Å². The van der Waals surface area contributed by atoms with E-state index >= 15 is 0 Å². The predicted octanol–water partition coefficient (Wildman–Crippen LogP) is 14.0. The number of para-hydroxylation sites is 1. The molecule has 0 atom stereocenters. The van der Waals surface area contributed by atoms with Crippen LogP contribution in [0.3, 0.4) is 0 Å². The Hall–Kier alpha value is -6.96. The van der Waals surface area contributed by atoms with Gasteiger partial charge in [-0.3, -0.25) is 0 Å². The van der Waals surface area contributed by atoms with E-state index in [1.54, 1.807) is 0 Å². The Bertz CT molecular complexity index is 2700. The van der Waals surface area contributed by atoms with Gasteiger partial charge in [-0.05, 0) is 79.7 Å². The molecule has 9 aromatic carbocycles. The SMILES string of the molecule is c1ccc(-c2cccc(N(c3ccccc3)c3c(-c4ccccc4)c4c(c5ccccc35)C(c3ccccc3)(c3ccccc3)c3ccccc3-4)c2)cc1. The van der Waals surface area contributed by atoms with Crippen LogP contribution in [0.25, 0.3) is 44.2 Å². The molecule has 0 radical (unpaired) electrons. The predicted molar refractivity (Wildman–Crippen MR) is 227 cm³/mol. The van der Waals surface area contributed by atoms with Crippen LogP contribution in [0.4, 0.5) is 17.1 Å². The average molecular weight is 688 g/mol. The van der Waals surface area contributed by atoms with Gasteiger partial charge in [-0.1, -0.05) is 200 Å². The fraction of sp³-hybridized carbons (Fsp3) is 0.0189. The summed E-state index contributed by atoms with van der Waals surface area (Å²) in [6.45, 7) is 0. The molecule has 1 heteroatoms. The van der Waals surface area contributed by atoms with Gasteiger partial charge < -0.3 is 4.90 Å². The Morgan fingerprint density at radius 2 is 0.815 bits per heavy atom. The molecule has 9 aromatic rings. The van der Waals surface area contributed by atoms with Crippen molar-refractivity contribution in [2.45, 2.75) is 5.41 Å². The van der Waals surface area contributed by atoms with Crippen LogP contribution in [0.1, 0.15) is 22.3 Å². The minimum atomic E-state index is -0.555. The van der Waals surface area contributed by atoms with Gasteiger partial charge in [0.1, 0.15) is 0 Å². The Morgan fingerprint density at radius 1 is 0.333 bits per heavy atom. The minimum absolute atomic E-state index is 0.555. The lowest BCUT2D eigenvalue weighted by molar-refractivity contribution is 0.775. The molecule has 0 saturated carbocycles. The summed E-state index contributed by atoms with van der Waals surface area (Å²) in [7, 11) is 0. The van der Waals surface area contributed by atoms with Gasteiger partial charge >= 0.3 is 0 Å². The van der Waals surface area contributed by atoms with Crippen LogP contribution in [0, 0.1) is 0 Å². The van der Waals surface area contributed by atoms with Crippen LogP contribution in [0.15, 0.2) is 224 Å². The standard InChI is InChI=1S/C53H37N/c1-6-21-38(22-7-1)40-25-20-32-44(37-40)54(43-30-14-5-15-31-43)52-46-34-17-16-33-45(46)51-50(49(52)39-23-8-2-9-24-39)47-35-18-19-36-48(47)53(51,41-26-10-3-11-27-41)42-28-12-4-13-29-42/h1-37H. The summed E-state index contributed by atoms with van der Waals surface area (Å²) in [6.07, 6.45) is 0. The van der Waals surface area contributed by atoms with Crippen molar-refractivity contribution in [1.82, 2.24) is 0 Å². The molecule has 0 fully saturated rings. The first-order valence-corrected chi connectivity index (χ1v) is 18.7. The third kappa shape index (κ3) is 4.94. The van der Waals surface area contributed by atoms with Crippen molar-refractivity contribution >= 4 is 27.8 Å². The second-order valence-corrected chi connectivity index (χ2v) is 14.0. The maximum absolute atomic E-state index is 2.49. The lowest BCUT2D eigenvalue weighted by Gasteiger charge is -2.36. The zero-order chi connectivity index (χ0) is 35.9. The summed E-state index contributed by atoms with van der Waals surface area (Å²) in [5.74, 6) is 0. The van der Waals surface area contributed by atoms with Gasteiger partial charge in [-0.2, -0.15) is 0 Å². The average Bonchev–Trinajstić information content (AvgIpc) is 3.57. The fourth-order valence-corrected chi connectivity index (χ4v) is 8.94. The second kappa shape index (κ2) is 13.2. The van der Waals surface area contributed by atoms with Crippen LogP contribution < -0.4 is 4.90 Å². The number of hydrogen-bond acceptors (Lipinski definition) is 1. The van der Waals surface area contributed by atoms with Gasteiger partial charge in [0, 0.05) is 22.3 Å². The van der Waals surface area contributed by atoms with Crippen LogP contribution >= 0.6 is 0 Å². The molecule has 10 rings (SSSR count). The number of benzene rings is 9. The summed E-state index contributed by atoms with van der Waals surface area (Å²) >= 11 is 0. The first-order valence-electron chi connectivity index (χ1n) is 18.7. The molecule has 0 saturated heterocycles. The van der Waals surface area contributed by atoms with Crippen LogP contribution in [0.5, 0.6) is 0 Å². The van der Waals surface area contributed by atoms with Crippen LogP contribution in [-0.4, -0.2) is 0 Å². The largest absolute Gasteiger partial charge is 0.309 e. The highest BCUT2D eigenvalue weighted by molar-refractivity contribution is 6.16. The maximum atomic E-state index is 2.49. The Morgan fingerprint density at radius 3 is 1.46 bits per heavy atom. The van der Waals surface area contributed by atoms with Crippen molar-refractivity contribution in [2.75, 3.05) is 4.90 Å². The number of fused-ring (bicyclic) bond motifs is 5. The molecule has 0 N–H and O–H groups in total. The Kier molecular flexibility index (Phi) is 7.78. The lowest BCUT2D eigenvalue weighted by Crippen LogP contribution is -2.29. The topological polar surface area (TPSA) is 3.24 Å². The molecule has 1 nitrogen and oxygen atoms in total. The van der Waals surface area contributed by atoms with Crippen LogP contribution in [0.2, 0.25) is 0 Å². The molecule has 0 heterocycles.